The molecule has 6 heteroatoms. The molecule has 25 heavy (non-hydrogen) atoms. The van der Waals surface area contributed by atoms with Crippen LogP contribution in [0, 0.1) is 0 Å². The Hall–Kier alpha value is -2.18. The maximum atomic E-state index is 13.3. The van der Waals surface area contributed by atoms with Crippen LogP contribution in [0.25, 0.3) is 0 Å². The van der Waals surface area contributed by atoms with Gasteiger partial charge in [-0.2, -0.15) is 0 Å². The third kappa shape index (κ3) is 2.75. The molecule has 0 saturated heterocycles. The predicted molar refractivity (Wildman–Crippen MR) is 99.1 cm³/mol. The van der Waals surface area contributed by atoms with Crippen molar-refractivity contribution in [3.8, 4) is 0 Å². The van der Waals surface area contributed by atoms with Crippen molar-refractivity contribution >= 4 is 33.4 Å². The Morgan fingerprint density at radius 2 is 1.88 bits per heavy atom. The summed E-state index contributed by atoms with van der Waals surface area (Å²) in [5, 5.41) is 13.9. The van der Waals surface area contributed by atoms with Crippen LogP contribution >= 0.6 is 15.9 Å². The molecule has 1 aliphatic rings. The van der Waals surface area contributed by atoms with E-state index in [4.69, 9.17) is 0 Å². The highest BCUT2D eigenvalue weighted by molar-refractivity contribution is 9.10. The van der Waals surface area contributed by atoms with Crippen molar-refractivity contribution in [1.29, 1.82) is 0 Å². The number of anilines is 1. The monoisotopic (exact) mass is 402 g/mol. The third-order valence-corrected chi connectivity index (χ3v) is 5.02. The first-order chi connectivity index (χ1) is 11.9. The summed E-state index contributed by atoms with van der Waals surface area (Å²) in [6, 6.07) is 14.3. The second kappa shape index (κ2) is 6.61. The largest absolute Gasteiger partial charge is 0.385 e. The zero-order valence-corrected chi connectivity index (χ0v) is 15.6. The summed E-state index contributed by atoms with van der Waals surface area (Å²) in [7, 11) is 0. The van der Waals surface area contributed by atoms with Gasteiger partial charge in [-0.15, -0.1) is 0 Å². The zero-order valence-electron chi connectivity index (χ0n) is 14.0. The molecule has 130 valence electrons. The number of halogens is 1. The molecule has 0 bridgehead atoms. The Kier molecular flexibility index (Phi) is 4.67. The summed E-state index contributed by atoms with van der Waals surface area (Å²) >= 11 is 3.36. The lowest BCUT2D eigenvalue weighted by Crippen LogP contribution is -2.56. The van der Waals surface area contributed by atoms with Gasteiger partial charge in [0.2, 0.25) is 5.91 Å². The number of amides is 2. The van der Waals surface area contributed by atoms with Gasteiger partial charge in [-0.05, 0) is 30.7 Å². The highest BCUT2D eigenvalue weighted by atomic mass is 79.9. The van der Waals surface area contributed by atoms with Crippen molar-refractivity contribution in [2.45, 2.75) is 25.5 Å². The van der Waals surface area contributed by atoms with Gasteiger partial charge < -0.3 is 15.3 Å². The van der Waals surface area contributed by atoms with E-state index < -0.39 is 11.6 Å². The normalized spacial score (nSPS) is 20.3. The standard InChI is InChI=1S/C19H19BrN2O3/c1-3-22-16-7-5-4-6-15(16)19(18(22)25,21-12(2)23)17(24)13-8-10-14(20)11-9-13/h4-11,17,24H,3H2,1-2H3,(H,21,23). The van der Waals surface area contributed by atoms with Crippen molar-refractivity contribution in [2.75, 3.05) is 11.4 Å². The fourth-order valence-corrected chi connectivity index (χ4v) is 3.68. The minimum atomic E-state index is -1.54. The number of carbonyl (C=O) groups excluding carboxylic acids is 2. The van der Waals surface area contributed by atoms with Crippen LogP contribution in [0.1, 0.15) is 31.1 Å². The number of benzene rings is 2. The molecule has 0 radical (unpaired) electrons. The summed E-state index contributed by atoms with van der Waals surface area (Å²) in [5.41, 5.74) is 0.331. The summed E-state index contributed by atoms with van der Waals surface area (Å²) < 4.78 is 0.866. The Morgan fingerprint density at radius 1 is 1.24 bits per heavy atom. The van der Waals surface area contributed by atoms with Crippen molar-refractivity contribution in [2.24, 2.45) is 0 Å². The lowest BCUT2D eigenvalue weighted by molar-refractivity contribution is -0.136. The fourth-order valence-electron chi connectivity index (χ4n) is 3.42. The van der Waals surface area contributed by atoms with Crippen LogP contribution in [0.3, 0.4) is 0 Å². The number of hydrogen-bond donors (Lipinski definition) is 2. The molecule has 1 aliphatic heterocycles. The molecule has 0 spiro atoms. The number of nitrogens with zero attached hydrogens (tertiary/aromatic N) is 1. The van der Waals surface area contributed by atoms with E-state index in [0.29, 0.717) is 23.4 Å². The molecule has 2 unspecified atom stereocenters. The van der Waals surface area contributed by atoms with E-state index in [-0.39, 0.29) is 11.8 Å². The lowest BCUT2D eigenvalue weighted by atomic mass is 9.82. The van der Waals surface area contributed by atoms with E-state index in [0.717, 1.165) is 4.47 Å². The Labute approximate surface area is 154 Å². The van der Waals surface area contributed by atoms with Gasteiger partial charge in [0.1, 0.15) is 6.10 Å². The molecule has 1 heterocycles. The summed E-state index contributed by atoms with van der Waals surface area (Å²) in [6.45, 7) is 3.66. The molecule has 0 aromatic heterocycles. The number of aliphatic hydroxyl groups is 1. The molecule has 2 N–H and O–H groups in total. The molecule has 5 nitrogen and oxygen atoms in total. The maximum absolute atomic E-state index is 13.3. The van der Waals surface area contributed by atoms with Gasteiger partial charge in [0.15, 0.2) is 5.54 Å². The van der Waals surface area contributed by atoms with Gasteiger partial charge in [-0.3, -0.25) is 9.59 Å². The van der Waals surface area contributed by atoms with E-state index in [1.807, 2.05) is 19.1 Å². The number of carbonyl (C=O) groups is 2. The highest BCUT2D eigenvalue weighted by Gasteiger charge is 2.56. The predicted octanol–water partition coefficient (Wildman–Crippen LogP) is 2.88. The third-order valence-electron chi connectivity index (χ3n) is 4.49. The van der Waals surface area contributed by atoms with Crippen LogP contribution in [-0.4, -0.2) is 23.5 Å². The van der Waals surface area contributed by atoms with E-state index >= 15 is 0 Å². The minimum absolute atomic E-state index is 0.332. The second-order valence-electron chi connectivity index (χ2n) is 6.01. The van der Waals surface area contributed by atoms with Crippen LogP contribution in [0.2, 0.25) is 0 Å². The molecule has 3 rings (SSSR count). The van der Waals surface area contributed by atoms with Crippen LogP contribution < -0.4 is 10.2 Å². The Balaban J connectivity index is 2.21. The van der Waals surface area contributed by atoms with Crippen molar-refractivity contribution in [3.63, 3.8) is 0 Å². The topological polar surface area (TPSA) is 69.6 Å². The average Bonchev–Trinajstić information content (AvgIpc) is 2.83. The number of nitrogens with one attached hydrogen (secondary N) is 1. The molecule has 2 amide bonds. The molecular formula is C19H19BrN2O3. The molecule has 0 fully saturated rings. The number of para-hydroxylation sites is 1. The number of likely N-dealkylation sites (N-methyl/N-ethyl adjacent to an activating group) is 1. The number of fused-ring (bicyclic) bond motifs is 1. The number of aliphatic hydroxyl groups excluding tert-OH is 1. The maximum Gasteiger partial charge on any atom is 0.260 e. The van der Waals surface area contributed by atoms with Gasteiger partial charge in [0.05, 0.1) is 0 Å². The van der Waals surface area contributed by atoms with Gasteiger partial charge in [0, 0.05) is 29.2 Å². The minimum Gasteiger partial charge on any atom is -0.385 e. The highest BCUT2D eigenvalue weighted by Crippen LogP contribution is 2.47. The van der Waals surface area contributed by atoms with Crippen LogP contribution in [0.4, 0.5) is 5.69 Å². The summed E-state index contributed by atoms with van der Waals surface area (Å²) in [5.74, 6) is -0.709. The first kappa shape index (κ1) is 17.6. The Bertz CT molecular complexity index is 822. The molecule has 2 atom stereocenters. The molecule has 2 aromatic carbocycles. The molecular weight excluding hydrogens is 384 g/mol. The van der Waals surface area contributed by atoms with Gasteiger partial charge in [-0.25, -0.2) is 0 Å². The van der Waals surface area contributed by atoms with E-state index in [1.54, 1.807) is 41.3 Å². The SMILES string of the molecule is CCN1C(=O)C(NC(C)=O)(C(O)c2ccc(Br)cc2)c2ccccc21. The second-order valence-corrected chi connectivity index (χ2v) is 6.93. The van der Waals surface area contributed by atoms with Crippen molar-refractivity contribution in [1.82, 2.24) is 5.32 Å². The number of hydrogen-bond acceptors (Lipinski definition) is 3. The van der Waals surface area contributed by atoms with Crippen LogP contribution in [0.15, 0.2) is 53.0 Å². The Morgan fingerprint density at radius 3 is 2.48 bits per heavy atom. The van der Waals surface area contributed by atoms with Gasteiger partial charge >= 0.3 is 0 Å². The first-order valence-corrected chi connectivity index (χ1v) is 8.85. The average molecular weight is 403 g/mol. The molecule has 0 aliphatic carbocycles. The molecule has 2 aromatic rings. The lowest BCUT2D eigenvalue weighted by Gasteiger charge is -2.34. The smallest absolute Gasteiger partial charge is 0.260 e. The van der Waals surface area contributed by atoms with Crippen molar-refractivity contribution in [3.05, 3.63) is 64.1 Å². The van der Waals surface area contributed by atoms with E-state index in [1.165, 1.54) is 6.92 Å². The zero-order chi connectivity index (χ0) is 18.2. The summed E-state index contributed by atoms with van der Waals surface area (Å²) in [4.78, 5) is 26.8. The van der Waals surface area contributed by atoms with Crippen molar-refractivity contribution < 1.29 is 14.7 Å². The summed E-state index contributed by atoms with van der Waals surface area (Å²) in [6.07, 6.45) is -1.21. The van der Waals surface area contributed by atoms with Crippen LogP contribution in [0.5, 0.6) is 0 Å². The fraction of sp³-hybridized carbons (Fsp3) is 0.263. The molecule has 0 saturated carbocycles. The quantitative estimate of drug-likeness (QED) is 0.825. The first-order valence-electron chi connectivity index (χ1n) is 8.05. The van der Waals surface area contributed by atoms with Gasteiger partial charge in [0.25, 0.3) is 5.91 Å². The number of rotatable bonds is 4. The van der Waals surface area contributed by atoms with Crippen LogP contribution in [-0.2, 0) is 15.1 Å². The van der Waals surface area contributed by atoms with E-state index in [2.05, 4.69) is 21.2 Å². The van der Waals surface area contributed by atoms with Gasteiger partial charge in [-0.1, -0.05) is 46.3 Å². The van der Waals surface area contributed by atoms with E-state index in [9.17, 15) is 14.7 Å².